The lowest BCUT2D eigenvalue weighted by Gasteiger charge is -2.34. The lowest BCUT2D eigenvalue weighted by molar-refractivity contribution is -0.118. The number of Topliss-reactive ketones (excluding diaryl/α,β-unsaturated/α-hetero) is 1. The Morgan fingerprint density at radius 2 is 1.86 bits per heavy atom. The zero-order valence-electron chi connectivity index (χ0n) is 20.4. The molecule has 3 aromatic rings. The first-order valence-electron chi connectivity index (χ1n) is 12.4. The van der Waals surface area contributed by atoms with Gasteiger partial charge in [-0.1, -0.05) is 44.2 Å². The average Bonchev–Trinajstić information content (AvgIpc) is 3.14. The van der Waals surface area contributed by atoms with Crippen LogP contribution in [0.5, 0.6) is 11.5 Å². The molecule has 0 aromatic heterocycles. The van der Waals surface area contributed by atoms with Crippen LogP contribution in [0.4, 0.5) is 15.8 Å². The molecule has 0 amide bonds. The number of allylic oxidation sites excluding steroid dienone is 1. The van der Waals surface area contributed by atoms with Crippen molar-refractivity contribution in [3.8, 4) is 11.5 Å². The Hall–Kier alpha value is -3.80. The minimum absolute atomic E-state index is 0.0270. The number of ether oxygens (including phenoxy) is 1. The molecule has 6 heteroatoms. The third kappa shape index (κ3) is 3.91. The number of ketones is 1. The van der Waals surface area contributed by atoms with Crippen LogP contribution in [0.1, 0.15) is 61.9 Å². The van der Waals surface area contributed by atoms with E-state index >= 15 is 4.39 Å². The predicted octanol–water partition coefficient (Wildman–Crippen LogP) is 6.82. The number of phenols is 1. The molecule has 1 unspecified atom stereocenters. The van der Waals surface area contributed by atoms with Crippen LogP contribution in [0.2, 0.25) is 0 Å². The molecular weight excluding hydrogens is 455 g/mol. The van der Waals surface area contributed by atoms with Crippen molar-refractivity contribution in [2.45, 2.75) is 51.7 Å². The van der Waals surface area contributed by atoms with Crippen molar-refractivity contribution in [1.82, 2.24) is 0 Å². The predicted molar refractivity (Wildman–Crippen MR) is 138 cm³/mol. The summed E-state index contributed by atoms with van der Waals surface area (Å²) in [6.45, 7) is 4.09. The summed E-state index contributed by atoms with van der Waals surface area (Å²) in [6.07, 6.45) is 2.70. The summed E-state index contributed by atoms with van der Waals surface area (Å²) in [7, 11) is 0. The van der Waals surface area contributed by atoms with Crippen molar-refractivity contribution in [1.29, 1.82) is 0 Å². The standard InChI is InChI=1S/C30H29FN2O3/c1-30(2)15-23-27(25(35)16-30)28(32-22-8-5-9-24(34)29(22)33-23)20-12-11-18(14-21(20)31)36-26-13-10-17-6-3-4-7-19(17)26/h3-9,11-12,14,26,28,32-34H,10,13,15-16H2,1-2H3/t26-,28?/m1/s1. The summed E-state index contributed by atoms with van der Waals surface area (Å²) in [5.41, 5.74) is 4.90. The van der Waals surface area contributed by atoms with E-state index in [1.54, 1.807) is 24.3 Å². The number of aryl methyl sites for hydroxylation is 1. The summed E-state index contributed by atoms with van der Waals surface area (Å²) >= 11 is 0. The minimum Gasteiger partial charge on any atom is -0.506 e. The Kier molecular flexibility index (Phi) is 5.29. The largest absolute Gasteiger partial charge is 0.506 e. The number of hydrogen-bond acceptors (Lipinski definition) is 5. The number of halogens is 1. The summed E-state index contributed by atoms with van der Waals surface area (Å²) in [5, 5.41) is 17.2. The number of rotatable bonds is 3. The van der Waals surface area contributed by atoms with E-state index in [1.807, 2.05) is 32.0 Å². The molecule has 0 radical (unpaired) electrons. The quantitative estimate of drug-likeness (QED) is 0.356. The normalized spacial score (nSPS) is 22.0. The molecule has 5 nitrogen and oxygen atoms in total. The van der Waals surface area contributed by atoms with Crippen molar-refractivity contribution in [3.05, 3.63) is 94.4 Å². The van der Waals surface area contributed by atoms with Gasteiger partial charge in [-0.2, -0.15) is 0 Å². The molecule has 3 N–H and O–H groups in total. The van der Waals surface area contributed by atoms with E-state index in [4.69, 9.17) is 4.74 Å². The number of benzene rings is 3. The summed E-state index contributed by atoms with van der Waals surface area (Å²) in [6, 6.07) is 17.5. The van der Waals surface area contributed by atoms with E-state index in [1.165, 1.54) is 11.6 Å². The van der Waals surface area contributed by atoms with Gasteiger partial charge in [0.05, 0.1) is 11.7 Å². The highest BCUT2D eigenvalue weighted by molar-refractivity contribution is 6.01. The van der Waals surface area contributed by atoms with Gasteiger partial charge >= 0.3 is 0 Å². The van der Waals surface area contributed by atoms with Crippen LogP contribution in [0, 0.1) is 11.2 Å². The first-order chi connectivity index (χ1) is 17.3. The lowest BCUT2D eigenvalue weighted by atomic mass is 9.73. The SMILES string of the molecule is CC1(C)CC(=O)C2=C(C1)Nc1c(O)cccc1NC2c1ccc(O[C@@H]2CCc3ccccc32)cc1F. The summed E-state index contributed by atoms with van der Waals surface area (Å²) in [4.78, 5) is 13.4. The molecule has 3 aromatic carbocycles. The van der Waals surface area contributed by atoms with Crippen LogP contribution in [0.15, 0.2) is 71.9 Å². The second-order valence-electron chi connectivity index (χ2n) is 10.8. The van der Waals surface area contributed by atoms with Gasteiger partial charge in [0.1, 0.15) is 29.1 Å². The summed E-state index contributed by atoms with van der Waals surface area (Å²) in [5.74, 6) is 0.0719. The minimum atomic E-state index is -0.694. The third-order valence-electron chi connectivity index (χ3n) is 7.47. The highest BCUT2D eigenvalue weighted by Crippen LogP contribution is 2.48. The molecule has 3 aliphatic rings. The van der Waals surface area contributed by atoms with Crippen LogP contribution in [-0.2, 0) is 11.2 Å². The van der Waals surface area contributed by atoms with E-state index < -0.39 is 11.9 Å². The number of anilines is 2. The number of carbonyl (C=O) groups is 1. The van der Waals surface area contributed by atoms with E-state index in [0.717, 1.165) is 24.1 Å². The maximum absolute atomic E-state index is 15.7. The Morgan fingerprint density at radius 3 is 2.69 bits per heavy atom. The fraction of sp³-hybridized carbons (Fsp3) is 0.300. The third-order valence-corrected chi connectivity index (χ3v) is 7.47. The van der Waals surface area contributed by atoms with E-state index in [2.05, 4.69) is 22.8 Å². The van der Waals surface area contributed by atoms with Crippen molar-refractivity contribution in [3.63, 3.8) is 0 Å². The van der Waals surface area contributed by atoms with E-state index in [9.17, 15) is 9.90 Å². The first kappa shape index (κ1) is 22.7. The molecule has 184 valence electrons. The highest BCUT2D eigenvalue weighted by atomic mass is 19.1. The van der Waals surface area contributed by atoms with Crippen molar-refractivity contribution in [2.75, 3.05) is 10.6 Å². The smallest absolute Gasteiger partial charge is 0.163 e. The van der Waals surface area contributed by atoms with Gasteiger partial charge in [0.15, 0.2) is 5.78 Å². The maximum Gasteiger partial charge on any atom is 0.163 e. The summed E-state index contributed by atoms with van der Waals surface area (Å²) < 4.78 is 21.9. The van der Waals surface area contributed by atoms with Crippen molar-refractivity contribution in [2.24, 2.45) is 5.41 Å². The van der Waals surface area contributed by atoms with Crippen LogP contribution in [0.25, 0.3) is 0 Å². The molecule has 0 saturated heterocycles. The number of hydrogen-bond donors (Lipinski definition) is 3. The molecule has 2 atom stereocenters. The molecule has 36 heavy (non-hydrogen) atoms. The fourth-order valence-electron chi connectivity index (χ4n) is 5.80. The second kappa shape index (κ2) is 8.40. The van der Waals surface area contributed by atoms with Crippen molar-refractivity contribution < 1.29 is 19.0 Å². The molecule has 1 heterocycles. The van der Waals surface area contributed by atoms with Gasteiger partial charge in [-0.3, -0.25) is 4.79 Å². The zero-order valence-corrected chi connectivity index (χ0v) is 20.4. The van der Waals surface area contributed by atoms with Crippen LogP contribution < -0.4 is 15.4 Å². The Bertz CT molecular complexity index is 1410. The van der Waals surface area contributed by atoms with Gasteiger partial charge in [-0.25, -0.2) is 4.39 Å². The molecule has 1 aliphatic heterocycles. The molecule has 0 spiro atoms. The average molecular weight is 485 g/mol. The maximum atomic E-state index is 15.7. The Morgan fingerprint density at radius 1 is 1.03 bits per heavy atom. The molecule has 0 bridgehead atoms. The number of phenolic OH excluding ortho intramolecular Hbond substituents is 1. The second-order valence-corrected chi connectivity index (χ2v) is 10.8. The monoisotopic (exact) mass is 484 g/mol. The van der Waals surface area contributed by atoms with Gasteiger partial charge < -0.3 is 20.5 Å². The molecule has 0 saturated carbocycles. The van der Waals surface area contributed by atoms with E-state index in [0.29, 0.717) is 41.1 Å². The van der Waals surface area contributed by atoms with Gasteiger partial charge in [-0.05, 0) is 60.1 Å². The first-order valence-corrected chi connectivity index (χ1v) is 12.4. The van der Waals surface area contributed by atoms with E-state index in [-0.39, 0.29) is 23.1 Å². The van der Waals surface area contributed by atoms with Crippen LogP contribution in [0.3, 0.4) is 0 Å². The molecular formula is C30H29FN2O3. The molecule has 0 fully saturated rings. The topological polar surface area (TPSA) is 70.6 Å². The Labute approximate surface area is 210 Å². The van der Waals surface area contributed by atoms with Crippen LogP contribution >= 0.6 is 0 Å². The number of fused-ring (bicyclic) bond motifs is 2. The van der Waals surface area contributed by atoms with Crippen molar-refractivity contribution >= 4 is 17.2 Å². The van der Waals surface area contributed by atoms with Gasteiger partial charge in [0.25, 0.3) is 0 Å². The van der Waals surface area contributed by atoms with Crippen LogP contribution in [-0.4, -0.2) is 10.9 Å². The molecule has 2 aliphatic carbocycles. The highest BCUT2D eigenvalue weighted by Gasteiger charge is 2.40. The lowest BCUT2D eigenvalue weighted by Crippen LogP contribution is -2.31. The number of carbonyl (C=O) groups excluding carboxylic acids is 1. The van der Waals surface area contributed by atoms with Gasteiger partial charge in [0.2, 0.25) is 0 Å². The number of nitrogens with one attached hydrogen (secondary N) is 2. The number of aromatic hydroxyl groups is 1. The molecule has 6 rings (SSSR count). The van der Waals surface area contributed by atoms with Gasteiger partial charge in [0, 0.05) is 29.3 Å². The van der Waals surface area contributed by atoms with Gasteiger partial charge in [-0.15, -0.1) is 0 Å². The zero-order chi connectivity index (χ0) is 25.0. The fourth-order valence-corrected chi connectivity index (χ4v) is 5.80. The Balaban J connectivity index is 1.38. The number of para-hydroxylation sites is 1.